The Balaban J connectivity index is 1.70. The van der Waals surface area contributed by atoms with Gasteiger partial charge in [0.05, 0.1) is 11.3 Å². The summed E-state index contributed by atoms with van der Waals surface area (Å²) in [7, 11) is 0. The zero-order valence-corrected chi connectivity index (χ0v) is 15.3. The Morgan fingerprint density at radius 2 is 1.50 bits per heavy atom. The summed E-state index contributed by atoms with van der Waals surface area (Å²) in [6.07, 6.45) is 4.37. The first-order chi connectivity index (χ1) is 12.6. The normalized spacial score (nSPS) is 14.4. The fraction of sp³-hybridized carbons (Fsp3) is 0.300. The average Bonchev–Trinajstić information content (AvgIpc) is 2.93. The molecule has 1 aliphatic rings. The van der Waals surface area contributed by atoms with Crippen molar-refractivity contribution in [2.75, 3.05) is 23.7 Å². The number of anilines is 2. The molecule has 0 aliphatic carbocycles. The zero-order chi connectivity index (χ0) is 18.4. The van der Waals surface area contributed by atoms with E-state index < -0.39 is 6.03 Å². The van der Waals surface area contributed by atoms with Gasteiger partial charge in [0.25, 0.3) is 5.91 Å². The van der Waals surface area contributed by atoms with E-state index in [4.69, 9.17) is 11.6 Å². The molecule has 136 valence electrons. The molecule has 3 rings (SSSR count). The fourth-order valence-corrected chi connectivity index (χ4v) is 3.17. The van der Waals surface area contributed by atoms with Crippen LogP contribution in [0.5, 0.6) is 0 Å². The van der Waals surface area contributed by atoms with Crippen LogP contribution in [-0.4, -0.2) is 29.9 Å². The molecule has 0 radical (unpaired) electrons. The summed E-state index contributed by atoms with van der Waals surface area (Å²) >= 11 is 5.85. The summed E-state index contributed by atoms with van der Waals surface area (Å²) < 4.78 is 0. The lowest BCUT2D eigenvalue weighted by atomic mass is 10.1. The number of carbonyl (C=O) groups excluding carboxylic acids is 2. The lowest BCUT2D eigenvalue weighted by Crippen LogP contribution is -2.32. The average molecular weight is 372 g/mol. The Kier molecular flexibility index (Phi) is 6.12. The highest BCUT2D eigenvalue weighted by Crippen LogP contribution is 2.20. The van der Waals surface area contributed by atoms with Crippen LogP contribution < -0.4 is 10.6 Å². The van der Waals surface area contributed by atoms with E-state index in [1.807, 2.05) is 11.0 Å². The highest BCUT2D eigenvalue weighted by atomic mass is 35.5. The molecule has 0 saturated carbocycles. The monoisotopic (exact) mass is 371 g/mol. The molecule has 2 aromatic rings. The first-order valence-electron chi connectivity index (χ1n) is 8.85. The summed E-state index contributed by atoms with van der Waals surface area (Å²) in [5.41, 5.74) is 1.65. The van der Waals surface area contributed by atoms with E-state index in [0.29, 0.717) is 22.0 Å². The van der Waals surface area contributed by atoms with Crippen LogP contribution in [0.4, 0.5) is 16.2 Å². The second-order valence-corrected chi connectivity index (χ2v) is 6.77. The van der Waals surface area contributed by atoms with Crippen LogP contribution in [0.25, 0.3) is 0 Å². The van der Waals surface area contributed by atoms with E-state index in [1.54, 1.807) is 42.5 Å². The minimum atomic E-state index is -0.400. The van der Waals surface area contributed by atoms with Crippen LogP contribution in [0.2, 0.25) is 5.02 Å². The van der Waals surface area contributed by atoms with Gasteiger partial charge in [-0.3, -0.25) is 4.79 Å². The number of nitrogens with zero attached hydrogens (tertiary/aromatic N) is 1. The number of rotatable bonds is 3. The molecule has 26 heavy (non-hydrogen) atoms. The predicted molar refractivity (Wildman–Crippen MR) is 105 cm³/mol. The Morgan fingerprint density at radius 1 is 0.846 bits per heavy atom. The second kappa shape index (κ2) is 8.72. The highest BCUT2D eigenvalue weighted by Gasteiger charge is 2.20. The van der Waals surface area contributed by atoms with Crippen LogP contribution in [0.15, 0.2) is 48.5 Å². The van der Waals surface area contributed by atoms with E-state index in [0.717, 1.165) is 38.8 Å². The van der Waals surface area contributed by atoms with Crippen molar-refractivity contribution in [2.24, 2.45) is 0 Å². The SMILES string of the molecule is O=C(Nc1ccc(Cl)cc1)Nc1ccccc1C(=O)N1CCCCCC1. The fourth-order valence-electron chi connectivity index (χ4n) is 3.04. The Labute approximate surface area is 158 Å². The molecular weight excluding hydrogens is 350 g/mol. The summed E-state index contributed by atoms with van der Waals surface area (Å²) in [6.45, 7) is 1.54. The minimum absolute atomic E-state index is 0.0331. The molecule has 0 atom stereocenters. The quantitative estimate of drug-likeness (QED) is 0.797. The number of hydrogen-bond acceptors (Lipinski definition) is 2. The first kappa shape index (κ1) is 18.3. The first-order valence-corrected chi connectivity index (χ1v) is 9.23. The van der Waals surface area contributed by atoms with Gasteiger partial charge in [-0.25, -0.2) is 4.79 Å². The molecule has 3 amide bonds. The van der Waals surface area contributed by atoms with Crippen molar-refractivity contribution in [1.29, 1.82) is 0 Å². The van der Waals surface area contributed by atoms with Gasteiger partial charge in [-0.2, -0.15) is 0 Å². The third-order valence-electron chi connectivity index (χ3n) is 4.40. The topological polar surface area (TPSA) is 61.4 Å². The number of amides is 3. The molecule has 0 spiro atoms. The van der Waals surface area contributed by atoms with E-state index in [-0.39, 0.29) is 5.91 Å². The Bertz CT molecular complexity index is 769. The van der Waals surface area contributed by atoms with Crippen molar-refractivity contribution in [1.82, 2.24) is 4.90 Å². The molecule has 1 heterocycles. The van der Waals surface area contributed by atoms with E-state index in [2.05, 4.69) is 10.6 Å². The molecule has 0 aromatic heterocycles. The predicted octanol–water partition coefficient (Wildman–Crippen LogP) is 5.00. The van der Waals surface area contributed by atoms with Crippen LogP contribution in [0.1, 0.15) is 36.0 Å². The Morgan fingerprint density at radius 3 is 2.19 bits per heavy atom. The van der Waals surface area contributed by atoms with Gasteiger partial charge in [0, 0.05) is 23.8 Å². The van der Waals surface area contributed by atoms with Crippen LogP contribution >= 0.6 is 11.6 Å². The van der Waals surface area contributed by atoms with Crippen LogP contribution in [-0.2, 0) is 0 Å². The third kappa shape index (κ3) is 4.76. The Hall–Kier alpha value is -2.53. The molecule has 6 heteroatoms. The number of halogens is 1. The molecule has 1 aliphatic heterocycles. The number of carbonyl (C=O) groups is 2. The van der Waals surface area contributed by atoms with Gasteiger partial charge >= 0.3 is 6.03 Å². The molecule has 0 bridgehead atoms. The number of benzene rings is 2. The molecule has 0 unspecified atom stereocenters. The molecule has 2 aromatic carbocycles. The maximum absolute atomic E-state index is 12.9. The van der Waals surface area contributed by atoms with Crippen molar-refractivity contribution in [3.05, 3.63) is 59.1 Å². The lowest BCUT2D eigenvalue weighted by Gasteiger charge is -2.22. The van der Waals surface area contributed by atoms with Crippen molar-refractivity contribution in [3.8, 4) is 0 Å². The van der Waals surface area contributed by atoms with Crippen LogP contribution in [0, 0.1) is 0 Å². The number of para-hydroxylation sites is 1. The minimum Gasteiger partial charge on any atom is -0.339 e. The number of likely N-dealkylation sites (tertiary alicyclic amines) is 1. The van der Waals surface area contributed by atoms with Crippen molar-refractivity contribution < 1.29 is 9.59 Å². The molecule has 5 nitrogen and oxygen atoms in total. The van der Waals surface area contributed by atoms with Crippen molar-refractivity contribution in [3.63, 3.8) is 0 Å². The molecule has 2 N–H and O–H groups in total. The van der Waals surface area contributed by atoms with Crippen molar-refractivity contribution in [2.45, 2.75) is 25.7 Å². The standard InChI is InChI=1S/C20H22ClN3O2/c21-15-9-11-16(12-10-15)22-20(26)23-18-8-4-3-7-17(18)19(25)24-13-5-1-2-6-14-24/h3-4,7-12H,1-2,5-6,13-14H2,(H2,22,23,26). The maximum Gasteiger partial charge on any atom is 0.323 e. The van der Waals surface area contributed by atoms with Crippen LogP contribution in [0.3, 0.4) is 0 Å². The van der Waals surface area contributed by atoms with Gasteiger partial charge in [-0.05, 0) is 49.2 Å². The number of hydrogen-bond donors (Lipinski definition) is 2. The second-order valence-electron chi connectivity index (χ2n) is 6.34. The zero-order valence-electron chi connectivity index (χ0n) is 14.5. The third-order valence-corrected chi connectivity index (χ3v) is 4.65. The summed E-state index contributed by atoms with van der Waals surface area (Å²) in [5, 5.41) is 6.12. The molecule has 1 fully saturated rings. The van der Waals surface area contributed by atoms with Gasteiger partial charge in [0.1, 0.15) is 0 Å². The van der Waals surface area contributed by atoms with Gasteiger partial charge in [0.15, 0.2) is 0 Å². The lowest BCUT2D eigenvalue weighted by molar-refractivity contribution is 0.0762. The molecular formula is C20H22ClN3O2. The molecule has 1 saturated heterocycles. The number of urea groups is 1. The van der Waals surface area contributed by atoms with E-state index in [9.17, 15) is 9.59 Å². The summed E-state index contributed by atoms with van der Waals surface area (Å²) in [4.78, 5) is 27.1. The van der Waals surface area contributed by atoms with Gasteiger partial charge in [-0.15, -0.1) is 0 Å². The maximum atomic E-state index is 12.9. The highest BCUT2D eigenvalue weighted by molar-refractivity contribution is 6.30. The summed E-state index contributed by atoms with van der Waals surface area (Å²) in [5.74, 6) is -0.0331. The number of nitrogens with one attached hydrogen (secondary N) is 2. The largest absolute Gasteiger partial charge is 0.339 e. The van der Waals surface area contributed by atoms with Crippen molar-refractivity contribution >= 4 is 34.9 Å². The summed E-state index contributed by atoms with van der Waals surface area (Å²) in [6, 6.07) is 13.6. The van der Waals surface area contributed by atoms with E-state index >= 15 is 0 Å². The van der Waals surface area contributed by atoms with Gasteiger partial charge < -0.3 is 15.5 Å². The van der Waals surface area contributed by atoms with E-state index in [1.165, 1.54) is 0 Å². The smallest absolute Gasteiger partial charge is 0.323 e. The van der Waals surface area contributed by atoms with Gasteiger partial charge in [-0.1, -0.05) is 36.6 Å². The van der Waals surface area contributed by atoms with Gasteiger partial charge in [0.2, 0.25) is 0 Å².